The average molecular weight is 772 g/mol. The number of carbonyl (C=O) groups excluding carboxylic acids is 1. The third-order valence-corrected chi connectivity index (χ3v) is 13.2. The largest absolute Gasteiger partial charge is 0.392 e. The number of benzene rings is 4. The number of aliphatic hydroxyl groups excluding tert-OH is 1. The molecule has 6 aliphatic rings. The number of anilines is 1. The van der Waals surface area contributed by atoms with Gasteiger partial charge in [0.15, 0.2) is 6.29 Å². The van der Waals surface area contributed by atoms with Crippen LogP contribution in [0.25, 0.3) is 11.1 Å². The summed E-state index contributed by atoms with van der Waals surface area (Å²) in [6, 6.07) is 31.5. The Morgan fingerprint density at radius 1 is 0.772 bits per heavy atom. The van der Waals surface area contributed by atoms with E-state index < -0.39 is 6.29 Å². The molecule has 0 radical (unpaired) electrons. The number of non-ortho nitro benzene ring substituents is 1. The van der Waals surface area contributed by atoms with Gasteiger partial charge in [0.05, 0.1) is 23.7 Å². The van der Waals surface area contributed by atoms with Crippen molar-refractivity contribution in [2.75, 3.05) is 37.6 Å². The van der Waals surface area contributed by atoms with Crippen LogP contribution in [0.2, 0.25) is 0 Å². The molecule has 11 heteroatoms. The lowest BCUT2D eigenvalue weighted by Gasteiger charge is -2.56. The summed E-state index contributed by atoms with van der Waals surface area (Å²) in [6.45, 7) is 4.59. The van der Waals surface area contributed by atoms with Gasteiger partial charge in [0.25, 0.3) is 5.69 Å². The van der Waals surface area contributed by atoms with Crippen molar-refractivity contribution in [1.29, 1.82) is 0 Å². The highest BCUT2D eigenvalue weighted by Gasteiger charge is 2.51. The predicted octanol–water partition coefficient (Wildman–Crippen LogP) is 7.89. The van der Waals surface area contributed by atoms with E-state index in [1.54, 1.807) is 12.1 Å². The van der Waals surface area contributed by atoms with Gasteiger partial charge in [-0.15, -0.1) is 0 Å². The summed E-state index contributed by atoms with van der Waals surface area (Å²) in [5.74, 6) is 2.36. The number of nitrogens with one attached hydrogen (secondary N) is 2. The molecule has 298 valence electrons. The highest BCUT2D eigenvalue weighted by atomic mass is 16.7. The molecule has 11 nitrogen and oxygen atoms in total. The van der Waals surface area contributed by atoms with Gasteiger partial charge >= 0.3 is 6.03 Å². The summed E-state index contributed by atoms with van der Waals surface area (Å²) in [7, 11) is 0. The second-order valence-corrected chi connectivity index (χ2v) is 17.2. The van der Waals surface area contributed by atoms with Crippen molar-refractivity contribution in [2.24, 2.45) is 17.8 Å². The molecule has 57 heavy (non-hydrogen) atoms. The number of aliphatic hydroxyl groups is 1. The van der Waals surface area contributed by atoms with Crippen molar-refractivity contribution in [1.82, 2.24) is 15.5 Å². The van der Waals surface area contributed by atoms with Gasteiger partial charge in [-0.25, -0.2) is 4.79 Å². The summed E-state index contributed by atoms with van der Waals surface area (Å²) < 4.78 is 13.4. The van der Waals surface area contributed by atoms with E-state index >= 15 is 0 Å². The minimum Gasteiger partial charge on any atom is -0.392 e. The van der Waals surface area contributed by atoms with Gasteiger partial charge in [0, 0.05) is 74.6 Å². The highest BCUT2D eigenvalue weighted by Crippen LogP contribution is 2.55. The van der Waals surface area contributed by atoms with Crippen LogP contribution >= 0.6 is 0 Å². The number of ether oxygens (including phenoxy) is 2. The van der Waals surface area contributed by atoms with Crippen LogP contribution in [0.4, 0.5) is 16.2 Å². The molecule has 2 aliphatic heterocycles. The van der Waals surface area contributed by atoms with Crippen molar-refractivity contribution in [3.05, 3.63) is 129 Å². The van der Waals surface area contributed by atoms with E-state index in [2.05, 4.69) is 62.9 Å². The van der Waals surface area contributed by atoms with E-state index in [1.165, 1.54) is 19.3 Å². The zero-order valence-electron chi connectivity index (χ0n) is 32.4. The van der Waals surface area contributed by atoms with Crippen molar-refractivity contribution in [3.63, 3.8) is 0 Å². The Bertz CT molecular complexity index is 2000. The number of nitro benzene ring substituents is 1. The van der Waals surface area contributed by atoms with Crippen LogP contribution < -0.4 is 15.5 Å². The molecular weight excluding hydrogens is 719 g/mol. The van der Waals surface area contributed by atoms with E-state index in [4.69, 9.17) is 9.47 Å². The Kier molecular flexibility index (Phi) is 10.7. The average Bonchev–Trinajstić information content (AvgIpc) is 3.23. The summed E-state index contributed by atoms with van der Waals surface area (Å²) in [4.78, 5) is 28.6. The zero-order valence-corrected chi connectivity index (χ0v) is 32.4. The Hall–Kier alpha value is -4.81. The first-order valence-electron chi connectivity index (χ1n) is 20.7. The number of amides is 2. The smallest absolute Gasteiger partial charge is 0.315 e. The molecule has 10 rings (SSSR count). The van der Waals surface area contributed by atoms with Crippen LogP contribution in [0, 0.1) is 27.9 Å². The van der Waals surface area contributed by atoms with Crippen molar-refractivity contribution in [3.8, 4) is 11.1 Å². The van der Waals surface area contributed by atoms with Crippen LogP contribution in [0.15, 0.2) is 97.1 Å². The van der Waals surface area contributed by atoms with Crippen LogP contribution in [-0.2, 0) is 22.6 Å². The fourth-order valence-corrected chi connectivity index (χ4v) is 10.7. The van der Waals surface area contributed by atoms with Crippen LogP contribution in [-0.4, -0.2) is 65.3 Å². The van der Waals surface area contributed by atoms with Crippen LogP contribution in [0.3, 0.4) is 0 Å². The highest BCUT2D eigenvalue weighted by molar-refractivity contribution is 5.75. The van der Waals surface area contributed by atoms with E-state index in [0.717, 1.165) is 109 Å². The first-order chi connectivity index (χ1) is 27.8. The van der Waals surface area contributed by atoms with Crippen molar-refractivity contribution in [2.45, 2.75) is 82.1 Å². The number of hydrogen-bond acceptors (Lipinski definition) is 8. The molecular formula is C46H53N5O6. The van der Waals surface area contributed by atoms with Gasteiger partial charge in [0.1, 0.15) is 0 Å². The van der Waals surface area contributed by atoms with E-state index in [0.29, 0.717) is 13.0 Å². The lowest BCUT2D eigenvalue weighted by Crippen LogP contribution is -2.61. The molecule has 3 unspecified atom stereocenters. The van der Waals surface area contributed by atoms with E-state index in [9.17, 15) is 20.0 Å². The van der Waals surface area contributed by atoms with Gasteiger partial charge in [-0.2, -0.15) is 0 Å². The quantitative estimate of drug-likeness (QED) is 0.104. The second kappa shape index (κ2) is 16.2. The molecule has 4 bridgehead atoms. The first-order valence-corrected chi connectivity index (χ1v) is 20.7. The van der Waals surface area contributed by atoms with Crippen molar-refractivity contribution >= 4 is 17.4 Å². The normalized spacial score (nSPS) is 28.3. The third-order valence-electron chi connectivity index (χ3n) is 13.2. The predicted molar refractivity (Wildman–Crippen MR) is 218 cm³/mol. The topological polar surface area (TPSA) is 129 Å². The zero-order chi connectivity index (χ0) is 38.9. The van der Waals surface area contributed by atoms with Gasteiger partial charge in [-0.05, 0) is 102 Å². The fourth-order valence-electron chi connectivity index (χ4n) is 10.7. The second-order valence-electron chi connectivity index (χ2n) is 17.2. The third kappa shape index (κ3) is 8.57. The molecule has 4 aromatic rings. The summed E-state index contributed by atoms with van der Waals surface area (Å²) in [5, 5.41) is 27.3. The number of nitrogens with zero attached hydrogens (tertiary/aromatic N) is 3. The number of hydrogen-bond donors (Lipinski definition) is 3. The summed E-state index contributed by atoms with van der Waals surface area (Å²) in [6.07, 6.45) is 7.39. The number of rotatable bonds is 11. The van der Waals surface area contributed by atoms with Gasteiger partial charge in [0.2, 0.25) is 0 Å². The maximum absolute atomic E-state index is 13.1. The number of piperazine rings is 1. The minimum atomic E-state index is -0.551. The summed E-state index contributed by atoms with van der Waals surface area (Å²) >= 11 is 0. The van der Waals surface area contributed by atoms with E-state index in [-0.39, 0.29) is 41.0 Å². The molecule has 0 aromatic heterocycles. The monoisotopic (exact) mass is 771 g/mol. The standard InChI is InChI=1S/C46H53N5O6/c52-30-31-4-6-37(7-5-31)43-24-42(29-49-16-18-50(19-17-49)40-12-14-41(15-13-40)51(54)55)56-44(57-43)38-10-8-36(9-11-38)39-3-1-2-32(23-39)28-47-45(53)48-46-25-33-20-34(26-46)22-35(21-33)27-46/h1-15,23,33-35,42-44,52H,16-22,24-30H2,(H2,47,48,53). The maximum atomic E-state index is 13.1. The van der Waals surface area contributed by atoms with E-state index in [1.807, 2.05) is 42.5 Å². The number of carbonyl (C=O) groups is 1. The molecule has 0 spiro atoms. The fraction of sp³-hybridized carbons (Fsp3) is 0.457. The molecule has 4 saturated carbocycles. The van der Waals surface area contributed by atoms with Gasteiger partial charge in [-0.1, -0.05) is 66.7 Å². The van der Waals surface area contributed by atoms with Crippen LogP contribution in [0.5, 0.6) is 0 Å². The number of urea groups is 1. The molecule has 2 heterocycles. The summed E-state index contributed by atoms with van der Waals surface area (Å²) in [5.41, 5.74) is 7.18. The molecule has 4 aromatic carbocycles. The Morgan fingerprint density at radius 2 is 1.44 bits per heavy atom. The van der Waals surface area contributed by atoms with Gasteiger partial charge < -0.3 is 30.1 Å². The Morgan fingerprint density at radius 3 is 2.09 bits per heavy atom. The Balaban J connectivity index is 0.836. The number of nitro groups is 1. The molecule has 4 aliphatic carbocycles. The SMILES string of the molecule is O=C(NCc1cccc(-c2ccc(C3OC(CN4CCN(c5ccc([N+](=O)[O-])cc5)CC4)CC(c4ccc(CO)cc4)O3)cc2)c1)NC12CC3CC(CC(C3)C1)C2. The van der Waals surface area contributed by atoms with Crippen molar-refractivity contribution < 1.29 is 24.3 Å². The lowest BCUT2D eigenvalue weighted by molar-refractivity contribution is -0.384. The van der Waals surface area contributed by atoms with Gasteiger partial charge in [-0.3, -0.25) is 15.0 Å². The van der Waals surface area contributed by atoms with Crippen LogP contribution in [0.1, 0.15) is 79.6 Å². The lowest BCUT2D eigenvalue weighted by atomic mass is 9.53. The Labute approximate surface area is 334 Å². The molecule has 6 fully saturated rings. The minimum absolute atomic E-state index is 0.00517. The first kappa shape index (κ1) is 37.7. The molecule has 2 amide bonds. The molecule has 3 atom stereocenters. The maximum Gasteiger partial charge on any atom is 0.315 e. The molecule has 2 saturated heterocycles. The molecule has 3 N–H and O–H groups in total.